The van der Waals surface area contributed by atoms with Gasteiger partial charge in [-0.2, -0.15) is 4.72 Å². The summed E-state index contributed by atoms with van der Waals surface area (Å²) in [5, 5.41) is 0. The summed E-state index contributed by atoms with van der Waals surface area (Å²) in [5.74, 6) is 1.02. The van der Waals surface area contributed by atoms with E-state index in [4.69, 9.17) is 9.47 Å². The number of rotatable bonds is 5. The van der Waals surface area contributed by atoms with Gasteiger partial charge in [0.05, 0.1) is 24.2 Å². The molecular formula is C23H23NO4S. The number of nitrogens with one attached hydrogen (secondary N) is 1. The molecule has 0 aromatic heterocycles. The SMILES string of the molecule is Cc1ccc([C@H](NS(=O)(=O)c2ccc3c(c2)OCCCO3)c2ccccc2)cc1. The van der Waals surface area contributed by atoms with Gasteiger partial charge in [-0.05, 0) is 30.2 Å². The summed E-state index contributed by atoms with van der Waals surface area (Å²) >= 11 is 0. The first kappa shape index (κ1) is 19.5. The second-order valence-corrected chi connectivity index (χ2v) is 8.75. The summed E-state index contributed by atoms with van der Waals surface area (Å²) in [6, 6.07) is 21.6. The molecule has 0 radical (unpaired) electrons. The van der Waals surface area contributed by atoms with Gasteiger partial charge in [0.2, 0.25) is 10.0 Å². The third-order valence-electron chi connectivity index (χ3n) is 4.85. The Hall–Kier alpha value is -2.83. The molecule has 6 heteroatoms. The van der Waals surface area contributed by atoms with Crippen LogP contribution in [0.25, 0.3) is 0 Å². The van der Waals surface area contributed by atoms with Crippen molar-refractivity contribution in [3.63, 3.8) is 0 Å². The van der Waals surface area contributed by atoms with Crippen LogP contribution in [-0.2, 0) is 10.0 Å². The minimum Gasteiger partial charge on any atom is -0.490 e. The van der Waals surface area contributed by atoms with E-state index in [1.54, 1.807) is 12.1 Å². The Balaban J connectivity index is 1.69. The summed E-state index contributed by atoms with van der Waals surface area (Å²) in [5.41, 5.74) is 2.86. The molecule has 3 aromatic rings. The van der Waals surface area contributed by atoms with Gasteiger partial charge in [-0.15, -0.1) is 0 Å². The predicted molar refractivity (Wildman–Crippen MR) is 112 cm³/mol. The lowest BCUT2D eigenvalue weighted by atomic mass is 9.99. The molecular weight excluding hydrogens is 386 g/mol. The van der Waals surface area contributed by atoms with Gasteiger partial charge in [0.1, 0.15) is 0 Å². The van der Waals surface area contributed by atoms with Crippen molar-refractivity contribution in [2.24, 2.45) is 0 Å². The van der Waals surface area contributed by atoms with E-state index in [1.165, 1.54) is 6.07 Å². The Kier molecular flexibility index (Phi) is 5.56. The van der Waals surface area contributed by atoms with Gasteiger partial charge < -0.3 is 9.47 Å². The molecule has 0 fully saturated rings. The molecule has 1 N–H and O–H groups in total. The zero-order valence-corrected chi connectivity index (χ0v) is 17.0. The minimum absolute atomic E-state index is 0.148. The van der Waals surface area contributed by atoms with E-state index in [2.05, 4.69) is 4.72 Å². The maximum absolute atomic E-state index is 13.2. The first-order valence-electron chi connectivity index (χ1n) is 9.56. The zero-order chi connectivity index (χ0) is 20.3. The van der Waals surface area contributed by atoms with Crippen LogP contribution >= 0.6 is 0 Å². The maximum atomic E-state index is 13.2. The van der Waals surface area contributed by atoms with Crippen LogP contribution in [0.2, 0.25) is 0 Å². The van der Waals surface area contributed by atoms with Crippen LogP contribution in [0.15, 0.2) is 77.7 Å². The standard InChI is InChI=1S/C23H23NO4S/c1-17-8-10-19(11-9-17)23(18-6-3-2-4-7-18)24-29(25,26)20-12-13-21-22(16-20)28-15-5-14-27-21/h2-4,6-13,16,23-24H,5,14-15H2,1H3/t23-/m1/s1. The molecule has 0 unspecified atom stereocenters. The normalized spacial score (nSPS) is 14.8. The average molecular weight is 410 g/mol. The minimum atomic E-state index is -3.80. The van der Waals surface area contributed by atoms with Crippen LogP contribution < -0.4 is 14.2 Å². The van der Waals surface area contributed by atoms with Crippen LogP contribution in [0.1, 0.15) is 29.2 Å². The van der Waals surface area contributed by atoms with Crippen molar-refractivity contribution in [2.75, 3.05) is 13.2 Å². The fourth-order valence-electron chi connectivity index (χ4n) is 3.27. The molecule has 0 bridgehead atoms. The Morgan fingerprint density at radius 3 is 2.21 bits per heavy atom. The molecule has 1 aliphatic rings. The molecule has 1 atom stereocenters. The monoisotopic (exact) mass is 409 g/mol. The average Bonchev–Trinajstić information content (AvgIpc) is 2.98. The number of fused-ring (bicyclic) bond motifs is 1. The van der Waals surface area contributed by atoms with Gasteiger partial charge in [0, 0.05) is 12.5 Å². The lowest BCUT2D eigenvalue weighted by Crippen LogP contribution is -2.29. The highest BCUT2D eigenvalue weighted by atomic mass is 32.2. The van der Waals surface area contributed by atoms with Crippen molar-refractivity contribution in [3.05, 3.63) is 89.5 Å². The molecule has 3 aromatic carbocycles. The second kappa shape index (κ2) is 8.27. The number of hydrogen-bond donors (Lipinski definition) is 1. The van der Waals surface area contributed by atoms with Gasteiger partial charge in [-0.1, -0.05) is 60.2 Å². The Morgan fingerprint density at radius 1 is 0.828 bits per heavy atom. The second-order valence-electron chi connectivity index (χ2n) is 7.03. The molecule has 1 heterocycles. The van der Waals surface area contributed by atoms with Crippen molar-refractivity contribution in [3.8, 4) is 11.5 Å². The molecule has 150 valence electrons. The van der Waals surface area contributed by atoms with Crippen LogP contribution in [0.4, 0.5) is 0 Å². The molecule has 4 rings (SSSR count). The molecule has 0 aliphatic carbocycles. The molecule has 0 spiro atoms. The van der Waals surface area contributed by atoms with Gasteiger partial charge in [0.25, 0.3) is 0 Å². The number of ether oxygens (including phenoxy) is 2. The summed E-state index contributed by atoms with van der Waals surface area (Å²) < 4.78 is 40.6. The highest BCUT2D eigenvalue weighted by Gasteiger charge is 2.24. The third-order valence-corrected chi connectivity index (χ3v) is 6.27. The largest absolute Gasteiger partial charge is 0.490 e. The van der Waals surface area contributed by atoms with E-state index in [9.17, 15) is 8.42 Å². The fourth-order valence-corrected chi connectivity index (χ4v) is 4.49. The number of sulfonamides is 1. The lowest BCUT2D eigenvalue weighted by molar-refractivity contribution is 0.297. The Labute approximate surface area is 171 Å². The van der Waals surface area contributed by atoms with Crippen LogP contribution in [-0.4, -0.2) is 21.6 Å². The summed E-state index contributed by atoms with van der Waals surface area (Å²) in [4.78, 5) is 0.148. The molecule has 5 nitrogen and oxygen atoms in total. The van der Waals surface area contributed by atoms with Gasteiger partial charge in [0.15, 0.2) is 11.5 Å². The van der Waals surface area contributed by atoms with E-state index in [1.807, 2.05) is 61.5 Å². The summed E-state index contributed by atoms with van der Waals surface area (Å²) in [7, 11) is -3.80. The van der Waals surface area contributed by atoms with Crippen LogP contribution in [0.3, 0.4) is 0 Å². The summed E-state index contributed by atoms with van der Waals surface area (Å²) in [6.45, 7) is 3.06. The third kappa shape index (κ3) is 4.44. The van der Waals surface area contributed by atoms with Crippen molar-refractivity contribution >= 4 is 10.0 Å². The fraction of sp³-hybridized carbons (Fsp3) is 0.217. The Bertz CT molecular complexity index is 1080. The van der Waals surface area contributed by atoms with E-state index in [0.29, 0.717) is 24.7 Å². The van der Waals surface area contributed by atoms with Gasteiger partial charge >= 0.3 is 0 Å². The molecule has 29 heavy (non-hydrogen) atoms. The van der Waals surface area contributed by atoms with Gasteiger partial charge in [-0.25, -0.2) is 8.42 Å². The van der Waals surface area contributed by atoms with Crippen LogP contribution in [0, 0.1) is 6.92 Å². The van der Waals surface area contributed by atoms with Crippen molar-refractivity contribution in [2.45, 2.75) is 24.3 Å². The van der Waals surface area contributed by atoms with E-state index in [-0.39, 0.29) is 4.90 Å². The van der Waals surface area contributed by atoms with Gasteiger partial charge in [-0.3, -0.25) is 0 Å². The predicted octanol–water partition coefficient (Wildman–Crippen LogP) is 4.22. The first-order chi connectivity index (χ1) is 14.0. The maximum Gasteiger partial charge on any atom is 0.241 e. The number of benzene rings is 3. The summed E-state index contributed by atoms with van der Waals surface area (Å²) in [6.07, 6.45) is 0.762. The molecule has 0 saturated carbocycles. The number of hydrogen-bond acceptors (Lipinski definition) is 4. The lowest BCUT2D eigenvalue weighted by Gasteiger charge is -2.20. The quantitative estimate of drug-likeness (QED) is 0.685. The van der Waals surface area contributed by atoms with E-state index < -0.39 is 16.1 Å². The Morgan fingerprint density at radius 2 is 1.48 bits per heavy atom. The first-order valence-corrected chi connectivity index (χ1v) is 11.0. The topological polar surface area (TPSA) is 64.6 Å². The molecule has 1 aliphatic heterocycles. The molecule has 0 saturated heterocycles. The molecule has 0 amide bonds. The highest BCUT2D eigenvalue weighted by molar-refractivity contribution is 7.89. The van der Waals surface area contributed by atoms with Crippen molar-refractivity contribution in [1.29, 1.82) is 0 Å². The number of aryl methyl sites for hydroxylation is 1. The van der Waals surface area contributed by atoms with E-state index in [0.717, 1.165) is 23.1 Å². The van der Waals surface area contributed by atoms with Crippen molar-refractivity contribution < 1.29 is 17.9 Å². The zero-order valence-electron chi connectivity index (χ0n) is 16.2. The van der Waals surface area contributed by atoms with Crippen molar-refractivity contribution in [1.82, 2.24) is 4.72 Å². The smallest absolute Gasteiger partial charge is 0.241 e. The van der Waals surface area contributed by atoms with E-state index >= 15 is 0 Å². The highest BCUT2D eigenvalue weighted by Crippen LogP contribution is 2.33. The van der Waals surface area contributed by atoms with Crippen LogP contribution in [0.5, 0.6) is 11.5 Å².